The van der Waals surface area contributed by atoms with Gasteiger partial charge in [-0.1, -0.05) is 6.92 Å². The summed E-state index contributed by atoms with van der Waals surface area (Å²) in [6.07, 6.45) is 3.80. The molecule has 3 N–H and O–H groups in total. The van der Waals surface area contributed by atoms with Crippen molar-refractivity contribution in [1.29, 1.82) is 0 Å². The fourth-order valence-electron chi connectivity index (χ4n) is 2.12. The lowest BCUT2D eigenvalue weighted by molar-refractivity contribution is -0.126. The van der Waals surface area contributed by atoms with Crippen LogP contribution < -0.4 is 11.1 Å². The van der Waals surface area contributed by atoms with Crippen molar-refractivity contribution >= 4 is 5.91 Å². The third-order valence-corrected chi connectivity index (χ3v) is 3.08. The van der Waals surface area contributed by atoms with Gasteiger partial charge in [-0.3, -0.25) is 4.79 Å². The van der Waals surface area contributed by atoms with Crippen LogP contribution in [0.1, 0.15) is 39.5 Å². The minimum atomic E-state index is 0.0558. The fraction of sp³-hybridized carbons (Fsp3) is 0.917. The minimum Gasteiger partial charge on any atom is -0.377 e. The number of carbonyl (C=O) groups excluding carboxylic acids is 1. The van der Waals surface area contributed by atoms with E-state index < -0.39 is 0 Å². The first-order valence-corrected chi connectivity index (χ1v) is 6.30. The molecule has 1 rings (SSSR count). The number of amides is 1. The predicted octanol–water partition coefficient (Wildman–Crippen LogP) is 1.05. The van der Waals surface area contributed by atoms with Gasteiger partial charge in [-0.2, -0.15) is 0 Å². The first kappa shape index (κ1) is 13.5. The molecular weight excluding hydrogens is 204 g/mol. The second kappa shape index (κ2) is 6.86. The normalized spacial score (nSPS) is 26.7. The molecule has 1 fully saturated rings. The zero-order valence-corrected chi connectivity index (χ0v) is 10.4. The van der Waals surface area contributed by atoms with Gasteiger partial charge < -0.3 is 15.8 Å². The van der Waals surface area contributed by atoms with Crippen molar-refractivity contribution in [1.82, 2.24) is 5.32 Å². The van der Waals surface area contributed by atoms with Crippen molar-refractivity contribution < 1.29 is 9.53 Å². The first-order valence-electron chi connectivity index (χ1n) is 6.30. The van der Waals surface area contributed by atoms with Gasteiger partial charge in [0.05, 0.1) is 12.0 Å². The van der Waals surface area contributed by atoms with Crippen LogP contribution in [0.5, 0.6) is 0 Å². The molecule has 0 aromatic rings. The van der Waals surface area contributed by atoms with Crippen molar-refractivity contribution in [2.45, 2.75) is 51.7 Å². The number of hydrogen-bond donors (Lipinski definition) is 2. The molecule has 16 heavy (non-hydrogen) atoms. The molecule has 1 saturated heterocycles. The second-order valence-corrected chi connectivity index (χ2v) is 4.62. The van der Waals surface area contributed by atoms with Gasteiger partial charge in [0.25, 0.3) is 0 Å². The van der Waals surface area contributed by atoms with Gasteiger partial charge in [-0.15, -0.1) is 0 Å². The largest absolute Gasteiger partial charge is 0.377 e. The quantitative estimate of drug-likeness (QED) is 0.668. The summed E-state index contributed by atoms with van der Waals surface area (Å²) in [7, 11) is 0. The Morgan fingerprint density at radius 2 is 2.38 bits per heavy atom. The highest BCUT2D eigenvalue weighted by molar-refractivity contribution is 5.79. The van der Waals surface area contributed by atoms with Crippen LogP contribution in [-0.4, -0.2) is 31.2 Å². The van der Waals surface area contributed by atoms with Crippen LogP contribution >= 0.6 is 0 Å². The van der Waals surface area contributed by atoms with Crippen molar-refractivity contribution in [3.8, 4) is 0 Å². The summed E-state index contributed by atoms with van der Waals surface area (Å²) in [5.74, 6) is 0.203. The van der Waals surface area contributed by atoms with E-state index in [0.29, 0.717) is 0 Å². The number of carbonyl (C=O) groups is 1. The number of nitrogens with two attached hydrogens (primary N) is 1. The first-order chi connectivity index (χ1) is 7.65. The van der Waals surface area contributed by atoms with Gasteiger partial charge in [0.2, 0.25) is 5.91 Å². The Labute approximate surface area is 97.9 Å². The Kier molecular flexibility index (Phi) is 5.77. The predicted molar refractivity (Wildman–Crippen MR) is 64.0 cm³/mol. The Hall–Kier alpha value is -0.610. The van der Waals surface area contributed by atoms with Gasteiger partial charge in [-0.05, 0) is 32.6 Å². The van der Waals surface area contributed by atoms with E-state index in [1.807, 2.05) is 6.92 Å². The van der Waals surface area contributed by atoms with E-state index in [2.05, 4.69) is 12.2 Å². The Morgan fingerprint density at radius 1 is 1.62 bits per heavy atom. The molecule has 0 aromatic carbocycles. The fourth-order valence-corrected chi connectivity index (χ4v) is 2.12. The number of ether oxygens (including phenoxy) is 1. The summed E-state index contributed by atoms with van der Waals surface area (Å²) in [5.41, 5.74) is 5.64. The summed E-state index contributed by atoms with van der Waals surface area (Å²) < 4.78 is 5.50. The van der Waals surface area contributed by atoms with Gasteiger partial charge >= 0.3 is 0 Å². The summed E-state index contributed by atoms with van der Waals surface area (Å²) in [4.78, 5) is 11.8. The average molecular weight is 228 g/mol. The smallest absolute Gasteiger partial charge is 0.225 e. The lowest BCUT2D eigenvalue weighted by atomic mass is 9.98. The van der Waals surface area contributed by atoms with E-state index in [1.54, 1.807) is 0 Å². The van der Waals surface area contributed by atoms with Crippen molar-refractivity contribution in [3.05, 3.63) is 0 Å². The molecule has 0 aromatic heterocycles. The van der Waals surface area contributed by atoms with Crippen molar-refractivity contribution in [3.63, 3.8) is 0 Å². The Balaban J connectivity index is 2.19. The topological polar surface area (TPSA) is 64.3 Å². The Bertz CT molecular complexity index is 219. The van der Waals surface area contributed by atoms with E-state index >= 15 is 0 Å². The molecule has 1 aliphatic heterocycles. The minimum absolute atomic E-state index is 0.0558. The summed E-state index contributed by atoms with van der Waals surface area (Å²) in [6.45, 7) is 5.50. The monoisotopic (exact) mass is 228 g/mol. The molecule has 0 spiro atoms. The molecule has 0 saturated carbocycles. The van der Waals surface area contributed by atoms with Crippen LogP contribution in [0.4, 0.5) is 0 Å². The third kappa shape index (κ3) is 4.10. The summed E-state index contributed by atoms with van der Waals surface area (Å²) in [5, 5.41) is 2.97. The molecule has 0 radical (unpaired) electrons. The SMILES string of the molecule is CCC1OCCC1C(=O)NCCCC(C)N. The van der Waals surface area contributed by atoms with Crippen LogP contribution in [0.3, 0.4) is 0 Å². The third-order valence-electron chi connectivity index (χ3n) is 3.08. The van der Waals surface area contributed by atoms with E-state index in [1.165, 1.54) is 0 Å². The zero-order valence-electron chi connectivity index (χ0n) is 10.4. The molecule has 94 valence electrons. The lowest BCUT2D eigenvalue weighted by Gasteiger charge is -2.16. The number of rotatable bonds is 6. The highest BCUT2D eigenvalue weighted by atomic mass is 16.5. The maximum absolute atomic E-state index is 11.8. The highest BCUT2D eigenvalue weighted by Gasteiger charge is 2.32. The van der Waals surface area contributed by atoms with E-state index in [4.69, 9.17) is 10.5 Å². The molecule has 3 atom stereocenters. The average Bonchev–Trinajstić information content (AvgIpc) is 2.71. The van der Waals surface area contributed by atoms with Crippen LogP contribution in [0, 0.1) is 5.92 Å². The van der Waals surface area contributed by atoms with E-state index in [9.17, 15) is 4.79 Å². The number of nitrogens with one attached hydrogen (secondary N) is 1. The molecule has 4 nitrogen and oxygen atoms in total. The maximum Gasteiger partial charge on any atom is 0.225 e. The van der Waals surface area contributed by atoms with E-state index in [0.717, 1.165) is 38.8 Å². The molecule has 3 unspecified atom stereocenters. The van der Waals surface area contributed by atoms with Crippen LogP contribution in [0.15, 0.2) is 0 Å². The highest BCUT2D eigenvalue weighted by Crippen LogP contribution is 2.23. The van der Waals surface area contributed by atoms with Crippen molar-refractivity contribution in [2.24, 2.45) is 11.7 Å². The van der Waals surface area contributed by atoms with Crippen LogP contribution in [0.2, 0.25) is 0 Å². The van der Waals surface area contributed by atoms with Crippen LogP contribution in [0.25, 0.3) is 0 Å². The zero-order chi connectivity index (χ0) is 12.0. The number of hydrogen-bond acceptors (Lipinski definition) is 3. The molecule has 4 heteroatoms. The summed E-state index contributed by atoms with van der Waals surface area (Å²) >= 11 is 0. The van der Waals surface area contributed by atoms with Crippen molar-refractivity contribution in [2.75, 3.05) is 13.2 Å². The summed E-state index contributed by atoms with van der Waals surface area (Å²) in [6, 6.07) is 0.218. The Morgan fingerprint density at radius 3 is 3.00 bits per heavy atom. The maximum atomic E-state index is 11.8. The molecule has 1 amide bonds. The van der Waals surface area contributed by atoms with Crippen LogP contribution in [-0.2, 0) is 9.53 Å². The standard InChI is InChI=1S/C12H24N2O2/c1-3-11-10(6-8-16-11)12(15)14-7-4-5-9(2)13/h9-11H,3-8,13H2,1-2H3,(H,14,15). The van der Waals surface area contributed by atoms with Gasteiger partial charge in [-0.25, -0.2) is 0 Å². The van der Waals surface area contributed by atoms with Gasteiger partial charge in [0.1, 0.15) is 0 Å². The molecule has 1 aliphatic rings. The molecule has 0 aliphatic carbocycles. The molecule has 1 heterocycles. The second-order valence-electron chi connectivity index (χ2n) is 4.62. The molecular formula is C12H24N2O2. The lowest BCUT2D eigenvalue weighted by Crippen LogP contribution is -2.35. The van der Waals surface area contributed by atoms with Gasteiger partial charge in [0, 0.05) is 19.2 Å². The molecule has 0 bridgehead atoms. The van der Waals surface area contributed by atoms with Gasteiger partial charge in [0.15, 0.2) is 0 Å². The van der Waals surface area contributed by atoms with E-state index in [-0.39, 0.29) is 24.0 Å².